The van der Waals surface area contributed by atoms with Crippen molar-refractivity contribution in [3.63, 3.8) is 0 Å². The van der Waals surface area contributed by atoms with Gasteiger partial charge in [-0.25, -0.2) is 4.39 Å². The molecule has 2 atom stereocenters. The Hall–Kier alpha value is -0.940. The summed E-state index contributed by atoms with van der Waals surface area (Å²) in [4.78, 5) is 12.0. The molecule has 1 aliphatic rings. The number of piperidine rings is 1. The van der Waals surface area contributed by atoms with Crippen LogP contribution >= 0.6 is 15.9 Å². The lowest BCUT2D eigenvalue weighted by molar-refractivity contribution is 0.0910. The maximum absolute atomic E-state index is 13.6. The van der Waals surface area contributed by atoms with E-state index in [-0.39, 0.29) is 17.5 Å². The molecule has 0 radical (unpaired) electrons. The third kappa shape index (κ3) is 3.09. The number of hydrogen-bond acceptors (Lipinski definition) is 2. The van der Waals surface area contributed by atoms with Gasteiger partial charge in [0.1, 0.15) is 5.82 Å². The Balaban J connectivity index is 2.07. The van der Waals surface area contributed by atoms with E-state index in [1.165, 1.54) is 12.1 Å². The van der Waals surface area contributed by atoms with Crippen LogP contribution in [-0.2, 0) is 0 Å². The molecule has 0 aromatic heterocycles. The van der Waals surface area contributed by atoms with Gasteiger partial charge in [0.25, 0.3) is 5.91 Å². The number of carbonyl (C=O) groups is 1. The summed E-state index contributed by atoms with van der Waals surface area (Å²) in [5.74, 6) is -0.469. The molecule has 1 saturated heterocycles. The van der Waals surface area contributed by atoms with Crippen molar-refractivity contribution in [3.05, 3.63) is 34.1 Å². The number of rotatable bonds is 2. The van der Waals surface area contributed by atoms with Crippen LogP contribution in [0.15, 0.2) is 22.7 Å². The summed E-state index contributed by atoms with van der Waals surface area (Å²) >= 11 is 3.17. The summed E-state index contributed by atoms with van der Waals surface area (Å²) in [6.07, 6.45) is 0.880. The van der Waals surface area contributed by atoms with Crippen molar-refractivity contribution in [3.8, 4) is 0 Å². The Morgan fingerprint density at radius 2 is 2.33 bits per heavy atom. The summed E-state index contributed by atoms with van der Waals surface area (Å²) in [7, 11) is 0. The first-order valence-electron chi connectivity index (χ1n) is 6.04. The zero-order valence-electron chi connectivity index (χ0n) is 10.2. The van der Waals surface area contributed by atoms with Crippen LogP contribution in [-0.4, -0.2) is 25.0 Å². The van der Waals surface area contributed by atoms with Gasteiger partial charge >= 0.3 is 0 Å². The van der Waals surface area contributed by atoms with Gasteiger partial charge in [0.15, 0.2) is 0 Å². The van der Waals surface area contributed by atoms with Crippen LogP contribution in [0.1, 0.15) is 23.7 Å². The summed E-state index contributed by atoms with van der Waals surface area (Å²) in [5.41, 5.74) is 0.101. The highest BCUT2D eigenvalue weighted by molar-refractivity contribution is 9.10. The van der Waals surface area contributed by atoms with Crippen molar-refractivity contribution < 1.29 is 9.18 Å². The van der Waals surface area contributed by atoms with E-state index in [9.17, 15) is 9.18 Å². The number of benzene rings is 1. The fourth-order valence-corrected chi connectivity index (χ4v) is 2.48. The van der Waals surface area contributed by atoms with Gasteiger partial charge in [0.2, 0.25) is 0 Å². The normalized spacial score (nSPS) is 23.7. The topological polar surface area (TPSA) is 41.1 Å². The van der Waals surface area contributed by atoms with E-state index >= 15 is 0 Å². The Morgan fingerprint density at radius 1 is 1.56 bits per heavy atom. The van der Waals surface area contributed by atoms with Crippen molar-refractivity contribution in [2.75, 3.05) is 13.1 Å². The van der Waals surface area contributed by atoms with Gasteiger partial charge in [-0.15, -0.1) is 0 Å². The molecule has 3 nitrogen and oxygen atoms in total. The molecule has 0 bridgehead atoms. The molecule has 0 saturated carbocycles. The molecule has 1 aliphatic heterocycles. The van der Waals surface area contributed by atoms with Crippen LogP contribution in [0.5, 0.6) is 0 Å². The van der Waals surface area contributed by atoms with Crippen LogP contribution in [0.4, 0.5) is 4.39 Å². The van der Waals surface area contributed by atoms with E-state index in [0.29, 0.717) is 10.4 Å². The van der Waals surface area contributed by atoms with Gasteiger partial charge in [-0.2, -0.15) is 0 Å². The van der Waals surface area contributed by atoms with Crippen molar-refractivity contribution in [2.24, 2.45) is 5.92 Å². The maximum atomic E-state index is 13.6. The molecule has 1 aromatic carbocycles. The molecule has 98 valence electrons. The quantitative estimate of drug-likeness (QED) is 0.879. The van der Waals surface area contributed by atoms with E-state index in [1.807, 2.05) is 0 Å². The van der Waals surface area contributed by atoms with Gasteiger partial charge in [-0.3, -0.25) is 4.79 Å². The molecular weight excluding hydrogens is 299 g/mol. The Kier molecular flexibility index (Phi) is 4.35. The van der Waals surface area contributed by atoms with Gasteiger partial charge in [0.05, 0.1) is 5.56 Å². The summed E-state index contributed by atoms with van der Waals surface area (Å²) < 4.78 is 14.3. The summed E-state index contributed by atoms with van der Waals surface area (Å²) in [6, 6.07) is 4.59. The second kappa shape index (κ2) is 5.80. The SMILES string of the molecule is CC1CNCCC1NC(=O)c1ccc(Br)cc1F. The molecule has 2 N–H and O–H groups in total. The lowest BCUT2D eigenvalue weighted by Gasteiger charge is -2.30. The molecule has 0 aliphatic carbocycles. The molecule has 1 aromatic rings. The molecule has 5 heteroatoms. The van der Waals surface area contributed by atoms with Crippen LogP contribution in [0.2, 0.25) is 0 Å². The summed E-state index contributed by atoms with van der Waals surface area (Å²) in [5, 5.41) is 6.18. The standard InChI is InChI=1S/C13H16BrFN2O/c1-8-7-16-5-4-12(8)17-13(18)10-3-2-9(14)6-11(10)15/h2-3,6,8,12,16H,4-5,7H2,1H3,(H,17,18). The van der Waals surface area contributed by atoms with Crippen LogP contribution in [0, 0.1) is 11.7 Å². The lowest BCUT2D eigenvalue weighted by atomic mass is 9.95. The predicted octanol–water partition coefficient (Wildman–Crippen LogP) is 2.32. The highest BCUT2D eigenvalue weighted by atomic mass is 79.9. The molecule has 0 spiro atoms. The van der Waals surface area contributed by atoms with E-state index < -0.39 is 5.82 Å². The van der Waals surface area contributed by atoms with Gasteiger partial charge in [0, 0.05) is 10.5 Å². The van der Waals surface area contributed by atoms with Crippen LogP contribution in [0.3, 0.4) is 0 Å². The van der Waals surface area contributed by atoms with Crippen LogP contribution < -0.4 is 10.6 Å². The van der Waals surface area contributed by atoms with Gasteiger partial charge in [-0.05, 0) is 43.6 Å². The zero-order chi connectivity index (χ0) is 13.1. The number of carbonyl (C=O) groups excluding carboxylic acids is 1. The molecule has 1 fully saturated rings. The molecule has 1 heterocycles. The monoisotopic (exact) mass is 314 g/mol. The predicted molar refractivity (Wildman–Crippen MR) is 72.0 cm³/mol. The minimum absolute atomic E-state index is 0.101. The first-order valence-corrected chi connectivity index (χ1v) is 6.84. The number of halogens is 2. The maximum Gasteiger partial charge on any atom is 0.254 e. The smallest absolute Gasteiger partial charge is 0.254 e. The van der Waals surface area contributed by atoms with Crippen molar-refractivity contribution in [2.45, 2.75) is 19.4 Å². The van der Waals surface area contributed by atoms with E-state index in [1.54, 1.807) is 6.07 Å². The Morgan fingerprint density at radius 3 is 3.00 bits per heavy atom. The zero-order valence-corrected chi connectivity index (χ0v) is 11.8. The van der Waals surface area contributed by atoms with Crippen molar-refractivity contribution in [1.29, 1.82) is 0 Å². The van der Waals surface area contributed by atoms with E-state index in [2.05, 4.69) is 33.5 Å². The third-order valence-electron chi connectivity index (χ3n) is 3.28. The first-order chi connectivity index (χ1) is 8.58. The highest BCUT2D eigenvalue weighted by Gasteiger charge is 2.24. The molecule has 2 unspecified atom stereocenters. The van der Waals surface area contributed by atoms with Crippen molar-refractivity contribution in [1.82, 2.24) is 10.6 Å². The molecule has 1 amide bonds. The second-order valence-corrected chi connectivity index (χ2v) is 5.59. The average Bonchev–Trinajstić information content (AvgIpc) is 2.32. The minimum Gasteiger partial charge on any atom is -0.349 e. The fourth-order valence-electron chi connectivity index (χ4n) is 2.15. The average molecular weight is 315 g/mol. The number of nitrogens with one attached hydrogen (secondary N) is 2. The Labute approximate surface area is 114 Å². The van der Waals surface area contributed by atoms with E-state index in [0.717, 1.165) is 19.5 Å². The van der Waals surface area contributed by atoms with Gasteiger partial charge in [-0.1, -0.05) is 22.9 Å². The van der Waals surface area contributed by atoms with Crippen molar-refractivity contribution >= 4 is 21.8 Å². The summed E-state index contributed by atoms with van der Waals surface area (Å²) in [6.45, 7) is 3.85. The number of hydrogen-bond donors (Lipinski definition) is 2. The first kappa shape index (κ1) is 13.5. The number of amides is 1. The van der Waals surface area contributed by atoms with Crippen LogP contribution in [0.25, 0.3) is 0 Å². The highest BCUT2D eigenvalue weighted by Crippen LogP contribution is 2.16. The van der Waals surface area contributed by atoms with Gasteiger partial charge < -0.3 is 10.6 Å². The van der Waals surface area contributed by atoms with E-state index in [4.69, 9.17) is 0 Å². The third-order valence-corrected chi connectivity index (χ3v) is 3.77. The largest absolute Gasteiger partial charge is 0.349 e. The second-order valence-electron chi connectivity index (χ2n) is 4.67. The lowest BCUT2D eigenvalue weighted by Crippen LogP contribution is -2.48. The molecule has 18 heavy (non-hydrogen) atoms. The molecular formula is C13H16BrFN2O. The fraction of sp³-hybridized carbons (Fsp3) is 0.462. The minimum atomic E-state index is -0.497. The Bertz CT molecular complexity index is 453. The molecule has 2 rings (SSSR count).